The molecule has 3 atom stereocenters. The summed E-state index contributed by atoms with van der Waals surface area (Å²) in [5.41, 5.74) is 2.18. The van der Waals surface area contributed by atoms with Gasteiger partial charge in [0.2, 0.25) is 0 Å². The van der Waals surface area contributed by atoms with E-state index < -0.39 is 5.97 Å². The van der Waals surface area contributed by atoms with Gasteiger partial charge in [-0.1, -0.05) is 63.1 Å². The summed E-state index contributed by atoms with van der Waals surface area (Å²) in [6.07, 6.45) is 20.2. The molecule has 1 aliphatic carbocycles. The van der Waals surface area contributed by atoms with Crippen molar-refractivity contribution in [3.63, 3.8) is 0 Å². The largest absolute Gasteiger partial charge is 0.481 e. The van der Waals surface area contributed by atoms with Crippen molar-refractivity contribution in [3.8, 4) is 0 Å². The van der Waals surface area contributed by atoms with Crippen LogP contribution in [-0.2, 0) is 11.2 Å². The zero-order chi connectivity index (χ0) is 21.2. The molecule has 3 heterocycles. The highest BCUT2D eigenvalue weighted by atomic mass is 16.4. The Labute approximate surface area is 186 Å². The van der Waals surface area contributed by atoms with Gasteiger partial charge in [-0.25, -0.2) is 0 Å². The third kappa shape index (κ3) is 4.41. The number of hydrogen-bond acceptors (Lipinski definition) is 2. The summed E-state index contributed by atoms with van der Waals surface area (Å²) in [7, 11) is 0. The average Bonchev–Trinajstić information content (AvgIpc) is 3.25. The monoisotopic (exact) mass is 422 g/mol. The van der Waals surface area contributed by atoms with Crippen molar-refractivity contribution in [1.82, 2.24) is 9.47 Å². The number of aromatic nitrogens is 1. The Bertz CT molecular complexity index is 880. The number of fused-ring (bicyclic) bond motifs is 3. The Morgan fingerprint density at radius 1 is 0.806 bits per heavy atom. The summed E-state index contributed by atoms with van der Waals surface area (Å²) in [6.45, 7) is 0. The molecule has 168 valence electrons. The molecule has 3 fully saturated rings. The standard InChI is InChI=1S/C27H38N2O2/c30-27(31)16-20-19-28(26-13-9-8-12-25(20)26)24-17-22-14-15-23(18-24)29(22)21-10-6-4-2-1-3-5-7-11-21/h8-9,12-13,19,21-24H,1-7,10-11,14-18H2,(H,30,31)/t22-,23+,24+. The van der Waals surface area contributed by atoms with Crippen LogP contribution < -0.4 is 0 Å². The predicted octanol–water partition coefficient (Wildman–Crippen LogP) is 6.33. The topological polar surface area (TPSA) is 45.5 Å². The van der Waals surface area contributed by atoms with Crippen molar-refractivity contribution in [2.75, 3.05) is 0 Å². The van der Waals surface area contributed by atoms with Crippen molar-refractivity contribution >= 4 is 16.9 Å². The molecule has 1 saturated carbocycles. The molecule has 0 unspecified atom stereocenters. The van der Waals surface area contributed by atoms with Gasteiger partial charge in [0, 0.05) is 41.3 Å². The van der Waals surface area contributed by atoms with Crippen molar-refractivity contribution in [2.24, 2.45) is 0 Å². The second kappa shape index (κ2) is 9.36. The van der Waals surface area contributed by atoms with Gasteiger partial charge in [0.05, 0.1) is 6.42 Å². The van der Waals surface area contributed by atoms with Gasteiger partial charge in [-0.3, -0.25) is 9.69 Å². The lowest BCUT2D eigenvalue weighted by Crippen LogP contribution is -2.49. The lowest BCUT2D eigenvalue weighted by Gasteiger charge is -2.44. The van der Waals surface area contributed by atoms with Crippen molar-refractivity contribution in [2.45, 2.75) is 114 Å². The van der Waals surface area contributed by atoms with E-state index in [1.54, 1.807) is 0 Å². The number of carboxylic acids is 1. The molecule has 31 heavy (non-hydrogen) atoms. The molecule has 4 heteroatoms. The normalized spacial score (nSPS) is 28.7. The fraction of sp³-hybridized carbons (Fsp3) is 0.667. The first-order valence-corrected chi connectivity index (χ1v) is 12.8. The van der Waals surface area contributed by atoms with E-state index in [9.17, 15) is 9.90 Å². The van der Waals surface area contributed by atoms with Gasteiger partial charge in [0.25, 0.3) is 0 Å². The molecular weight excluding hydrogens is 384 g/mol. The summed E-state index contributed by atoms with van der Waals surface area (Å²) in [5, 5.41) is 10.5. The van der Waals surface area contributed by atoms with E-state index in [2.05, 4.69) is 33.9 Å². The summed E-state index contributed by atoms with van der Waals surface area (Å²) >= 11 is 0. The highest BCUT2D eigenvalue weighted by Gasteiger charge is 2.44. The molecule has 1 aromatic carbocycles. The number of rotatable bonds is 4. The minimum absolute atomic E-state index is 0.112. The lowest BCUT2D eigenvalue weighted by atomic mass is 9.90. The summed E-state index contributed by atoms with van der Waals surface area (Å²) < 4.78 is 2.43. The molecule has 3 aliphatic rings. The SMILES string of the molecule is O=C(O)Cc1cn([C@H]2C[C@H]3CC[C@@H](C2)N3C2CCCCCCCCC2)c2ccccc12. The molecule has 2 aliphatic heterocycles. The number of piperidine rings is 1. The Hall–Kier alpha value is -1.81. The van der Waals surface area contributed by atoms with E-state index in [4.69, 9.17) is 0 Å². The zero-order valence-corrected chi connectivity index (χ0v) is 18.8. The molecule has 1 N–H and O–H groups in total. The van der Waals surface area contributed by atoms with E-state index in [1.165, 1.54) is 89.0 Å². The molecule has 2 aromatic rings. The quantitative estimate of drug-likeness (QED) is 0.626. The average molecular weight is 423 g/mol. The predicted molar refractivity (Wildman–Crippen MR) is 126 cm³/mol. The molecule has 2 saturated heterocycles. The van der Waals surface area contributed by atoms with Crippen LogP contribution in [0.3, 0.4) is 0 Å². The first-order chi connectivity index (χ1) is 15.2. The van der Waals surface area contributed by atoms with Crippen LogP contribution in [-0.4, -0.2) is 38.7 Å². The van der Waals surface area contributed by atoms with Crippen molar-refractivity contribution in [1.29, 1.82) is 0 Å². The molecule has 0 radical (unpaired) electrons. The van der Waals surface area contributed by atoms with Crippen LogP contribution in [0.15, 0.2) is 30.5 Å². The maximum absolute atomic E-state index is 11.4. The maximum Gasteiger partial charge on any atom is 0.307 e. The Kier molecular flexibility index (Phi) is 6.36. The molecule has 1 aromatic heterocycles. The molecule has 2 bridgehead atoms. The van der Waals surface area contributed by atoms with Crippen LogP contribution in [0.25, 0.3) is 10.9 Å². The van der Waals surface area contributed by atoms with E-state index >= 15 is 0 Å². The minimum atomic E-state index is -0.742. The second-order valence-corrected chi connectivity index (χ2v) is 10.3. The van der Waals surface area contributed by atoms with E-state index in [1.807, 2.05) is 6.07 Å². The van der Waals surface area contributed by atoms with Crippen LogP contribution >= 0.6 is 0 Å². The van der Waals surface area contributed by atoms with Crippen LogP contribution in [0, 0.1) is 0 Å². The first kappa shape index (κ1) is 21.1. The van der Waals surface area contributed by atoms with E-state index in [0.717, 1.165) is 17.0 Å². The van der Waals surface area contributed by atoms with Gasteiger partial charge in [-0.15, -0.1) is 0 Å². The smallest absolute Gasteiger partial charge is 0.307 e. The van der Waals surface area contributed by atoms with Crippen LogP contribution in [0.1, 0.15) is 95.1 Å². The fourth-order valence-electron chi connectivity index (χ4n) is 6.98. The number of aliphatic carboxylic acids is 1. The molecule has 5 rings (SSSR count). The molecule has 0 spiro atoms. The summed E-state index contributed by atoms with van der Waals surface area (Å²) in [4.78, 5) is 14.4. The number of carboxylic acid groups (broad SMARTS) is 1. The molecule has 0 amide bonds. The van der Waals surface area contributed by atoms with Gasteiger partial charge in [-0.2, -0.15) is 0 Å². The lowest BCUT2D eigenvalue weighted by molar-refractivity contribution is -0.136. The van der Waals surface area contributed by atoms with Crippen LogP contribution in [0.5, 0.6) is 0 Å². The van der Waals surface area contributed by atoms with Crippen LogP contribution in [0.4, 0.5) is 0 Å². The highest BCUT2D eigenvalue weighted by molar-refractivity contribution is 5.87. The van der Waals surface area contributed by atoms with Gasteiger partial charge >= 0.3 is 5.97 Å². The van der Waals surface area contributed by atoms with Gasteiger partial charge in [0.1, 0.15) is 0 Å². The number of nitrogens with zero attached hydrogens (tertiary/aromatic N) is 2. The summed E-state index contributed by atoms with van der Waals surface area (Å²) in [6, 6.07) is 11.1. The minimum Gasteiger partial charge on any atom is -0.481 e. The number of carbonyl (C=O) groups is 1. The van der Waals surface area contributed by atoms with Crippen molar-refractivity contribution < 1.29 is 9.90 Å². The number of benzene rings is 1. The van der Waals surface area contributed by atoms with E-state index in [-0.39, 0.29) is 6.42 Å². The third-order valence-corrected chi connectivity index (χ3v) is 8.32. The van der Waals surface area contributed by atoms with Gasteiger partial charge in [0.15, 0.2) is 0 Å². The highest BCUT2D eigenvalue weighted by Crippen LogP contribution is 2.45. The van der Waals surface area contributed by atoms with Crippen molar-refractivity contribution in [3.05, 3.63) is 36.0 Å². The zero-order valence-electron chi connectivity index (χ0n) is 18.8. The number of para-hydroxylation sites is 1. The Morgan fingerprint density at radius 2 is 1.42 bits per heavy atom. The first-order valence-electron chi connectivity index (χ1n) is 12.8. The fourth-order valence-corrected chi connectivity index (χ4v) is 6.98. The third-order valence-electron chi connectivity index (χ3n) is 8.32. The van der Waals surface area contributed by atoms with Gasteiger partial charge in [-0.05, 0) is 50.2 Å². The van der Waals surface area contributed by atoms with E-state index in [0.29, 0.717) is 18.1 Å². The Morgan fingerprint density at radius 3 is 2.06 bits per heavy atom. The molecular formula is C27H38N2O2. The van der Waals surface area contributed by atoms with Gasteiger partial charge < -0.3 is 9.67 Å². The maximum atomic E-state index is 11.4. The Balaban J connectivity index is 1.35. The second-order valence-electron chi connectivity index (χ2n) is 10.3. The summed E-state index contributed by atoms with van der Waals surface area (Å²) in [5.74, 6) is -0.742. The molecule has 4 nitrogen and oxygen atoms in total. The van der Waals surface area contributed by atoms with Crippen LogP contribution in [0.2, 0.25) is 0 Å². The number of hydrogen-bond donors (Lipinski definition) is 1.